The number of aromatic nitrogens is 3. The van der Waals surface area contributed by atoms with E-state index in [1.165, 1.54) is 6.20 Å². The van der Waals surface area contributed by atoms with Crippen molar-refractivity contribution in [2.24, 2.45) is 0 Å². The van der Waals surface area contributed by atoms with Gasteiger partial charge in [0.15, 0.2) is 5.65 Å². The Labute approximate surface area is 110 Å². The SMILES string of the molecule is CCC1(O)CCN(C(=O)c2cnn3cccnc23)C1. The third-order valence-electron chi connectivity index (χ3n) is 3.79. The molecule has 1 atom stereocenters. The van der Waals surface area contributed by atoms with Crippen LogP contribution in [0.2, 0.25) is 0 Å². The van der Waals surface area contributed by atoms with Gasteiger partial charge in [0.1, 0.15) is 5.56 Å². The molecule has 2 aromatic heterocycles. The van der Waals surface area contributed by atoms with E-state index in [0.717, 1.165) is 0 Å². The molecule has 3 rings (SSSR count). The molecule has 1 amide bonds. The summed E-state index contributed by atoms with van der Waals surface area (Å²) in [4.78, 5) is 18.3. The topological polar surface area (TPSA) is 70.7 Å². The molecular weight excluding hydrogens is 244 g/mol. The Bertz CT molecular complexity index is 624. The molecule has 0 radical (unpaired) electrons. The summed E-state index contributed by atoms with van der Waals surface area (Å²) in [6.07, 6.45) is 6.21. The van der Waals surface area contributed by atoms with Crippen LogP contribution >= 0.6 is 0 Å². The van der Waals surface area contributed by atoms with Crippen molar-refractivity contribution < 1.29 is 9.90 Å². The number of carbonyl (C=O) groups excluding carboxylic acids is 1. The van der Waals surface area contributed by atoms with E-state index < -0.39 is 5.60 Å². The maximum Gasteiger partial charge on any atom is 0.259 e. The highest BCUT2D eigenvalue weighted by Crippen LogP contribution is 2.26. The molecule has 2 aromatic rings. The van der Waals surface area contributed by atoms with Crippen LogP contribution in [0.4, 0.5) is 0 Å². The Balaban J connectivity index is 1.89. The van der Waals surface area contributed by atoms with Crippen molar-refractivity contribution >= 4 is 11.6 Å². The third-order valence-corrected chi connectivity index (χ3v) is 3.79. The molecule has 1 N–H and O–H groups in total. The number of nitrogens with zero attached hydrogens (tertiary/aromatic N) is 4. The Hall–Kier alpha value is -1.95. The zero-order valence-corrected chi connectivity index (χ0v) is 10.8. The van der Waals surface area contributed by atoms with Crippen LogP contribution in [0, 0.1) is 0 Å². The standard InChI is InChI=1S/C13H16N4O2/c1-2-13(19)4-7-16(9-13)12(18)10-8-15-17-6-3-5-14-11(10)17/h3,5-6,8,19H,2,4,7,9H2,1H3. The van der Waals surface area contributed by atoms with Gasteiger partial charge in [0.25, 0.3) is 5.91 Å². The summed E-state index contributed by atoms with van der Waals surface area (Å²) in [6.45, 7) is 2.89. The summed E-state index contributed by atoms with van der Waals surface area (Å²) >= 11 is 0. The lowest BCUT2D eigenvalue weighted by atomic mass is 10.0. The van der Waals surface area contributed by atoms with Gasteiger partial charge in [0.05, 0.1) is 11.8 Å². The number of rotatable bonds is 2. The van der Waals surface area contributed by atoms with E-state index in [-0.39, 0.29) is 5.91 Å². The van der Waals surface area contributed by atoms with Gasteiger partial charge >= 0.3 is 0 Å². The predicted molar refractivity (Wildman–Crippen MR) is 68.7 cm³/mol. The zero-order chi connectivity index (χ0) is 13.5. The smallest absolute Gasteiger partial charge is 0.259 e. The van der Waals surface area contributed by atoms with Crippen molar-refractivity contribution in [2.45, 2.75) is 25.4 Å². The summed E-state index contributed by atoms with van der Waals surface area (Å²) in [5.74, 6) is -0.113. The third kappa shape index (κ3) is 1.98. The van der Waals surface area contributed by atoms with E-state index in [4.69, 9.17) is 0 Å². The van der Waals surface area contributed by atoms with Crippen LogP contribution in [-0.2, 0) is 0 Å². The Morgan fingerprint density at radius 2 is 2.42 bits per heavy atom. The first kappa shape index (κ1) is 12.1. The lowest BCUT2D eigenvalue weighted by Crippen LogP contribution is -2.35. The highest BCUT2D eigenvalue weighted by atomic mass is 16.3. The second-order valence-corrected chi connectivity index (χ2v) is 5.00. The number of hydrogen-bond donors (Lipinski definition) is 1. The van der Waals surface area contributed by atoms with Crippen LogP contribution in [0.25, 0.3) is 5.65 Å². The largest absolute Gasteiger partial charge is 0.388 e. The zero-order valence-electron chi connectivity index (χ0n) is 10.8. The fraction of sp³-hybridized carbons (Fsp3) is 0.462. The van der Waals surface area contributed by atoms with E-state index in [9.17, 15) is 9.90 Å². The Kier molecular flexibility index (Phi) is 2.74. The average molecular weight is 260 g/mol. The van der Waals surface area contributed by atoms with Crippen LogP contribution in [0.15, 0.2) is 24.7 Å². The molecule has 3 heterocycles. The first-order valence-corrected chi connectivity index (χ1v) is 6.43. The molecule has 0 bridgehead atoms. The molecule has 1 unspecified atom stereocenters. The summed E-state index contributed by atoms with van der Waals surface area (Å²) in [5, 5.41) is 14.3. The van der Waals surface area contributed by atoms with Crippen molar-refractivity contribution in [1.29, 1.82) is 0 Å². The maximum absolute atomic E-state index is 12.4. The normalized spacial score (nSPS) is 23.2. The minimum absolute atomic E-state index is 0.113. The van der Waals surface area contributed by atoms with Gasteiger partial charge in [-0.3, -0.25) is 4.79 Å². The fourth-order valence-corrected chi connectivity index (χ4v) is 2.47. The Morgan fingerprint density at radius 3 is 3.16 bits per heavy atom. The van der Waals surface area contributed by atoms with E-state index >= 15 is 0 Å². The molecule has 1 saturated heterocycles. The minimum Gasteiger partial charge on any atom is -0.388 e. The predicted octanol–water partition coefficient (Wildman–Crippen LogP) is 0.716. The van der Waals surface area contributed by atoms with E-state index in [1.807, 2.05) is 6.92 Å². The number of fused-ring (bicyclic) bond motifs is 1. The highest BCUT2D eigenvalue weighted by molar-refractivity contribution is 5.99. The van der Waals surface area contributed by atoms with Gasteiger partial charge in [0, 0.05) is 25.5 Å². The number of hydrogen-bond acceptors (Lipinski definition) is 4. The monoisotopic (exact) mass is 260 g/mol. The van der Waals surface area contributed by atoms with E-state index in [1.54, 1.807) is 27.9 Å². The lowest BCUT2D eigenvalue weighted by molar-refractivity contribution is 0.0414. The molecule has 100 valence electrons. The fourth-order valence-electron chi connectivity index (χ4n) is 2.47. The van der Waals surface area contributed by atoms with E-state index in [2.05, 4.69) is 10.1 Å². The van der Waals surface area contributed by atoms with Crippen molar-refractivity contribution in [1.82, 2.24) is 19.5 Å². The molecule has 1 aliphatic rings. The van der Waals surface area contributed by atoms with E-state index in [0.29, 0.717) is 37.1 Å². The van der Waals surface area contributed by atoms with Gasteiger partial charge in [-0.05, 0) is 18.9 Å². The number of amides is 1. The number of carbonyl (C=O) groups is 1. The first-order chi connectivity index (χ1) is 9.13. The summed E-state index contributed by atoms with van der Waals surface area (Å²) in [6, 6.07) is 1.76. The van der Waals surface area contributed by atoms with Gasteiger partial charge in [-0.1, -0.05) is 6.92 Å². The van der Waals surface area contributed by atoms with Gasteiger partial charge in [0.2, 0.25) is 0 Å². The average Bonchev–Trinajstić information content (AvgIpc) is 3.03. The van der Waals surface area contributed by atoms with Crippen molar-refractivity contribution in [2.75, 3.05) is 13.1 Å². The second kappa shape index (κ2) is 4.31. The molecule has 1 fully saturated rings. The minimum atomic E-state index is -0.744. The molecule has 6 heteroatoms. The highest BCUT2D eigenvalue weighted by Gasteiger charge is 2.37. The molecule has 0 spiro atoms. The van der Waals surface area contributed by atoms with Gasteiger partial charge in [-0.2, -0.15) is 5.10 Å². The van der Waals surface area contributed by atoms with Crippen molar-refractivity contribution in [3.05, 3.63) is 30.2 Å². The van der Waals surface area contributed by atoms with Crippen LogP contribution in [0.1, 0.15) is 30.1 Å². The molecule has 0 saturated carbocycles. The molecule has 6 nitrogen and oxygen atoms in total. The van der Waals surface area contributed by atoms with Crippen LogP contribution in [0.5, 0.6) is 0 Å². The maximum atomic E-state index is 12.4. The second-order valence-electron chi connectivity index (χ2n) is 5.00. The number of aliphatic hydroxyl groups is 1. The molecule has 0 aromatic carbocycles. The van der Waals surface area contributed by atoms with Crippen LogP contribution in [0.3, 0.4) is 0 Å². The first-order valence-electron chi connectivity index (χ1n) is 6.43. The molecule has 1 aliphatic heterocycles. The van der Waals surface area contributed by atoms with Crippen LogP contribution < -0.4 is 0 Å². The van der Waals surface area contributed by atoms with Crippen LogP contribution in [-0.4, -0.2) is 49.2 Å². The lowest BCUT2D eigenvalue weighted by Gasteiger charge is -2.21. The summed E-state index contributed by atoms with van der Waals surface area (Å²) < 4.78 is 1.58. The molecule has 19 heavy (non-hydrogen) atoms. The summed E-state index contributed by atoms with van der Waals surface area (Å²) in [7, 11) is 0. The molecular formula is C13H16N4O2. The number of β-amino-alcohol motifs (C(OH)–C–C–N with tert-alkyl or cyclic N) is 1. The van der Waals surface area contributed by atoms with Gasteiger partial charge in [-0.15, -0.1) is 0 Å². The molecule has 0 aliphatic carbocycles. The number of likely N-dealkylation sites (tertiary alicyclic amines) is 1. The Morgan fingerprint density at radius 1 is 1.58 bits per heavy atom. The van der Waals surface area contributed by atoms with Crippen molar-refractivity contribution in [3.63, 3.8) is 0 Å². The van der Waals surface area contributed by atoms with Gasteiger partial charge < -0.3 is 10.0 Å². The van der Waals surface area contributed by atoms with Gasteiger partial charge in [-0.25, -0.2) is 9.50 Å². The van der Waals surface area contributed by atoms with Crippen molar-refractivity contribution in [3.8, 4) is 0 Å². The quantitative estimate of drug-likeness (QED) is 0.863. The summed E-state index contributed by atoms with van der Waals surface area (Å²) in [5.41, 5.74) is 0.298.